The van der Waals surface area contributed by atoms with E-state index in [1.54, 1.807) is 31.4 Å². The first kappa shape index (κ1) is 18.3. The van der Waals surface area contributed by atoms with Gasteiger partial charge in [0, 0.05) is 17.7 Å². The molecule has 2 aromatic rings. The summed E-state index contributed by atoms with van der Waals surface area (Å²) in [7, 11) is -1.84. The van der Waals surface area contributed by atoms with Crippen LogP contribution in [0.2, 0.25) is 0 Å². The van der Waals surface area contributed by atoms with Gasteiger partial charge in [-0.3, -0.25) is 5.43 Å². The predicted molar refractivity (Wildman–Crippen MR) is 102 cm³/mol. The van der Waals surface area contributed by atoms with Crippen LogP contribution >= 0.6 is 12.2 Å². The Morgan fingerprint density at radius 2 is 1.96 bits per heavy atom. The highest BCUT2D eigenvalue weighted by molar-refractivity contribution is 7.91. The van der Waals surface area contributed by atoms with Gasteiger partial charge in [0.2, 0.25) is 0 Å². The minimum atomic E-state index is -3.42. The molecule has 1 aliphatic heterocycles. The monoisotopic (exact) mass is 393 g/mol. The van der Waals surface area contributed by atoms with Crippen LogP contribution in [0.5, 0.6) is 5.75 Å². The van der Waals surface area contributed by atoms with Crippen LogP contribution in [0.15, 0.2) is 52.5 Å². The zero-order valence-corrected chi connectivity index (χ0v) is 15.5. The summed E-state index contributed by atoms with van der Waals surface area (Å²) in [4.78, 5) is 0.0831. The molecule has 0 radical (unpaired) electrons. The molecule has 9 heteroatoms. The zero-order valence-electron chi connectivity index (χ0n) is 13.8. The first-order valence-electron chi connectivity index (χ1n) is 7.69. The third-order valence-electron chi connectivity index (χ3n) is 3.84. The van der Waals surface area contributed by atoms with Gasteiger partial charge in [0.1, 0.15) is 11.6 Å². The summed E-state index contributed by atoms with van der Waals surface area (Å²) in [6.45, 7) is 0. The van der Waals surface area contributed by atoms with Crippen LogP contribution < -0.4 is 15.5 Å². The van der Waals surface area contributed by atoms with E-state index in [-0.39, 0.29) is 27.7 Å². The molecule has 0 fully saturated rings. The number of thiocarbonyl (C=S) groups is 1. The van der Waals surface area contributed by atoms with E-state index >= 15 is 0 Å². The number of nitrogens with zero attached hydrogens (tertiary/aromatic N) is 1. The molecule has 0 unspecified atom stereocenters. The molecule has 1 aliphatic rings. The molecule has 2 aromatic carbocycles. The van der Waals surface area contributed by atoms with Crippen LogP contribution in [0.3, 0.4) is 0 Å². The Labute approximate surface area is 156 Å². The summed E-state index contributed by atoms with van der Waals surface area (Å²) < 4.78 is 42.9. The van der Waals surface area contributed by atoms with Crippen LogP contribution in [0.25, 0.3) is 0 Å². The van der Waals surface area contributed by atoms with E-state index in [9.17, 15) is 12.8 Å². The predicted octanol–water partition coefficient (Wildman–Crippen LogP) is 2.70. The number of nitrogens with one attached hydrogen (secondary N) is 2. The number of benzene rings is 2. The first-order valence-corrected chi connectivity index (χ1v) is 9.75. The van der Waals surface area contributed by atoms with Crippen LogP contribution in [0, 0.1) is 5.82 Å². The highest BCUT2D eigenvalue weighted by Crippen LogP contribution is 2.26. The lowest BCUT2D eigenvalue weighted by atomic mass is 10.1. The first-order chi connectivity index (χ1) is 12.4. The lowest BCUT2D eigenvalue weighted by Crippen LogP contribution is -2.28. The van der Waals surface area contributed by atoms with Gasteiger partial charge in [0.25, 0.3) is 0 Å². The van der Waals surface area contributed by atoms with Crippen molar-refractivity contribution >= 4 is 38.6 Å². The maximum absolute atomic E-state index is 13.5. The molecule has 6 nitrogen and oxygen atoms in total. The minimum absolute atomic E-state index is 0.0786. The van der Waals surface area contributed by atoms with Crippen molar-refractivity contribution in [1.29, 1.82) is 0 Å². The lowest BCUT2D eigenvalue weighted by Gasteiger charge is -2.18. The second-order valence-corrected chi connectivity index (χ2v) is 8.05. The quantitative estimate of drug-likeness (QED) is 0.474. The number of ether oxygens (including phenoxy) is 1. The Bertz CT molecular complexity index is 973. The number of halogens is 1. The molecule has 3 rings (SSSR count). The van der Waals surface area contributed by atoms with E-state index in [0.717, 1.165) is 17.5 Å². The molecular formula is C17H16FN3O3S2. The molecule has 26 heavy (non-hydrogen) atoms. The standard InChI is InChI=1S/C17H16FN3O3S2/c1-24-13-5-3-12(4-6-13)19-17(25)21-20-15-8-9-26(22,23)16-7-2-11(18)10-14(15)16/h2-7,10H,8-9H2,1H3,(H2,19,21,25)/b20-15-. The third kappa shape index (κ3) is 4.00. The van der Waals surface area contributed by atoms with Gasteiger partial charge in [-0.1, -0.05) is 0 Å². The Balaban J connectivity index is 1.76. The van der Waals surface area contributed by atoms with Gasteiger partial charge in [-0.2, -0.15) is 5.10 Å². The fourth-order valence-electron chi connectivity index (χ4n) is 2.54. The average molecular weight is 393 g/mol. The number of anilines is 1. The van der Waals surface area contributed by atoms with E-state index in [1.807, 2.05) is 0 Å². The number of hydrazone groups is 1. The van der Waals surface area contributed by atoms with Gasteiger partial charge in [-0.25, -0.2) is 12.8 Å². The minimum Gasteiger partial charge on any atom is -0.497 e. The van der Waals surface area contributed by atoms with Crippen LogP contribution in [0.4, 0.5) is 10.1 Å². The van der Waals surface area contributed by atoms with E-state index in [2.05, 4.69) is 15.8 Å². The van der Waals surface area contributed by atoms with Crippen molar-refractivity contribution in [2.45, 2.75) is 11.3 Å². The molecule has 0 atom stereocenters. The molecule has 0 saturated heterocycles. The number of fused-ring (bicyclic) bond motifs is 1. The smallest absolute Gasteiger partial charge is 0.191 e. The van der Waals surface area contributed by atoms with Gasteiger partial charge in [-0.05, 0) is 54.7 Å². The average Bonchev–Trinajstić information content (AvgIpc) is 2.61. The summed E-state index contributed by atoms with van der Waals surface area (Å²) in [5.41, 5.74) is 4.11. The topological polar surface area (TPSA) is 79.8 Å². The van der Waals surface area contributed by atoms with Crippen LogP contribution in [-0.4, -0.2) is 32.1 Å². The molecule has 0 aromatic heterocycles. The number of sulfone groups is 1. The highest BCUT2D eigenvalue weighted by atomic mass is 32.2. The van der Waals surface area contributed by atoms with E-state index < -0.39 is 15.7 Å². The van der Waals surface area contributed by atoms with Crippen molar-refractivity contribution in [1.82, 2.24) is 5.43 Å². The molecule has 0 saturated carbocycles. The molecule has 1 heterocycles. The van der Waals surface area contributed by atoms with Gasteiger partial charge in [0.05, 0.1) is 23.5 Å². The number of hydrogen-bond acceptors (Lipinski definition) is 5. The molecule has 2 N–H and O–H groups in total. The maximum atomic E-state index is 13.5. The van der Waals surface area contributed by atoms with E-state index in [1.165, 1.54) is 12.1 Å². The summed E-state index contributed by atoms with van der Waals surface area (Å²) >= 11 is 5.18. The molecule has 0 aliphatic carbocycles. The van der Waals surface area contributed by atoms with Crippen molar-refractivity contribution in [3.8, 4) is 5.75 Å². The van der Waals surface area contributed by atoms with Crippen molar-refractivity contribution in [3.63, 3.8) is 0 Å². The number of hydrogen-bond donors (Lipinski definition) is 2. The SMILES string of the molecule is COc1ccc(NC(=S)N/N=C2/CCS(=O)(=O)c3ccc(F)cc32)cc1. The van der Waals surface area contributed by atoms with Gasteiger partial charge in [0.15, 0.2) is 14.9 Å². The van der Waals surface area contributed by atoms with E-state index in [0.29, 0.717) is 5.71 Å². The Morgan fingerprint density at radius 3 is 2.65 bits per heavy atom. The fourth-order valence-corrected chi connectivity index (χ4v) is 4.18. The molecular weight excluding hydrogens is 377 g/mol. The Hall–Kier alpha value is -2.52. The number of methoxy groups -OCH3 is 1. The lowest BCUT2D eigenvalue weighted by molar-refractivity contribution is 0.415. The molecule has 0 spiro atoms. The summed E-state index contributed by atoms with van der Waals surface area (Å²) in [5, 5.41) is 7.35. The highest BCUT2D eigenvalue weighted by Gasteiger charge is 2.28. The fraction of sp³-hybridized carbons (Fsp3) is 0.176. The summed E-state index contributed by atoms with van der Waals surface area (Å²) in [6, 6.07) is 10.7. The van der Waals surface area contributed by atoms with Gasteiger partial charge in [-0.15, -0.1) is 0 Å². The molecule has 136 valence electrons. The Morgan fingerprint density at radius 1 is 1.23 bits per heavy atom. The van der Waals surface area contributed by atoms with Crippen molar-refractivity contribution in [2.24, 2.45) is 5.10 Å². The van der Waals surface area contributed by atoms with Crippen molar-refractivity contribution < 1.29 is 17.5 Å². The van der Waals surface area contributed by atoms with E-state index in [4.69, 9.17) is 17.0 Å². The second-order valence-electron chi connectivity index (χ2n) is 5.56. The Kier molecular flexibility index (Phi) is 5.19. The third-order valence-corrected chi connectivity index (χ3v) is 5.80. The zero-order chi connectivity index (χ0) is 18.7. The van der Waals surface area contributed by atoms with Gasteiger partial charge < -0.3 is 10.1 Å². The van der Waals surface area contributed by atoms with Crippen molar-refractivity contribution in [2.75, 3.05) is 18.2 Å². The normalized spacial score (nSPS) is 16.6. The van der Waals surface area contributed by atoms with Crippen molar-refractivity contribution in [3.05, 3.63) is 53.8 Å². The second kappa shape index (κ2) is 7.38. The van der Waals surface area contributed by atoms with Crippen LogP contribution in [0.1, 0.15) is 12.0 Å². The number of rotatable bonds is 3. The summed E-state index contributed by atoms with van der Waals surface area (Å²) in [6.07, 6.45) is 0.178. The van der Waals surface area contributed by atoms with Gasteiger partial charge >= 0.3 is 0 Å². The molecule has 0 amide bonds. The molecule has 0 bridgehead atoms. The van der Waals surface area contributed by atoms with Crippen LogP contribution in [-0.2, 0) is 9.84 Å². The summed E-state index contributed by atoms with van der Waals surface area (Å²) in [5.74, 6) is 0.120. The largest absolute Gasteiger partial charge is 0.497 e. The maximum Gasteiger partial charge on any atom is 0.191 e.